The summed E-state index contributed by atoms with van der Waals surface area (Å²) >= 11 is 7.55. The Balaban J connectivity index is 2.87. The molecule has 0 heterocycles. The first-order valence-electron chi connectivity index (χ1n) is 6.08. The summed E-state index contributed by atoms with van der Waals surface area (Å²) in [6.45, 7) is 1.97. The Kier molecular flexibility index (Phi) is 6.29. The molecule has 1 aromatic carbocycles. The van der Waals surface area contributed by atoms with Gasteiger partial charge in [-0.05, 0) is 37.5 Å². The monoisotopic (exact) mass is 316 g/mol. The van der Waals surface area contributed by atoms with Gasteiger partial charge in [0.05, 0.1) is 4.92 Å². The third kappa shape index (κ3) is 4.11. The molecule has 0 aliphatic carbocycles. The van der Waals surface area contributed by atoms with Crippen LogP contribution in [0.4, 0.5) is 5.69 Å². The predicted octanol–water partition coefficient (Wildman–Crippen LogP) is 3.46. The highest BCUT2D eigenvalue weighted by Crippen LogP contribution is 2.25. The molecule has 0 aliphatic rings. The lowest BCUT2D eigenvalue weighted by Gasteiger charge is -2.24. The molecule has 0 fully saturated rings. The van der Waals surface area contributed by atoms with Gasteiger partial charge in [-0.25, -0.2) is 0 Å². The second kappa shape index (κ2) is 7.50. The van der Waals surface area contributed by atoms with Crippen molar-refractivity contribution in [3.63, 3.8) is 0 Å². The van der Waals surface area contributed by atoms with E-state index < -0.39 is 4.92 Å². The van der Waals surface area contributed by atoms with Gasteiger partial charge in [0.25, 0.3) is 11.6 Å². The van der Waals surface area contributed by atoms with Gasteiger partial charge >= 0.3 is 0 Å². The third-order valence-electron chi connectivity index (χ3n) is 3.11. The highest BCUT2D eigenvalue weighted by Gasteiger charge is 2.20. The average molecular weight is 317 g/mol. The SMILES string of the molecule is CSCCC(C)N(C)C(=O)c1ccc([N+](=O)[O-])c(Cl)c1. The fourth-order valence-electron chi connectivity index (χ4n) is 1.67. The second-order valence-corrected chi connectivity index (χ2v) is 5.86. The third-order valence-corrected chi connectivity index (χ3v) is 4.06. The zero-order valence-electron chi connectivity index (χ0n) is 11.6. The smallest absolute Gasteiger partial charge is 0.287 e. The molecule has 1 rings (SSSR count). The van der Waals surface area contributed by atoms with E-state index in [2.05, 4.69) is 0 Å². The second-order valence-electron chi connectivity index (χ2n) is 4.47. The topological polar surface area (TPSA) is 63.5 Å². The van der Waals surface area contributed by atoms with E-state index in [1.807, 2.05) is 13.2 Å². The van der Waals surface area contributed by atoms with E-state index in [-0.39, 0.29) is 22.7 Å². The first-order valence-corrected chi connectivity index (χ1v) is 7.85. The zero-order valence-corrected chi connectivity index (χ0v) is 13.2. The molecule has 7 heteroatoms. The molecule has 1 atom stereocenters. The lowest BCUT2D eigenvalue weighted by molar-refractivity contribution is -0.384. The van der Waals surface area contributed by atoms with Gasteiger partial charge in [0.15, 0.2) is 0 Å². The minimum atomic E-state index is -0.568. The van der Waals surface area contributed by atoms with Crippen molar-refractivity contribution in [2.24, 2.45) is 0 Å². The first-order chi connectivity index (χ1) is 9.38. The van der Waals surface area contributed by atoms with Crippen molar-refractivity contribution in [2.45, 2.75) is 19.4 Å². The van der Waals surface area contributed by atoms with Crippen molar-refractivity contribution in [1.29, 1.82) is 0 Å². The Labute approximate surface area is 127 Å². The van der Waals surface area contributed by atoms with Gasteiger partial charge in [-0.3, -0.25) is 14.9 Å². The number of rotatable bonds is 6. The van der Waals surface area contributed by atoms with Gasteiger partial charge in [-0.1, -0.05) is 11.6 Å². The van der Waals surface area contributed by atoms with Gasteiger partial charge in [0.2, 0.25) is 0 Å². The predicted molar refractivity (Wildman–Crippen MR) is 82.7 cm³/mol. The van der Waals surface area contributed by atoms with Crippen molar-refractivity contribution >= 4 is 35.0 Å². The number of nitro groups is 1. The molecule has 0 spiro atoms. The van der Waals surface area contributed by atoms with Crippen LogP contribution in [0.15, 0.2) is 18.2 Å². The van der Waals surface area contributed by atoms with Crippen molar-refractivity contribution in [2.75, 3.05) is 19.1 Å². The summed E-state index contributed by atoms with van der Waals surface area (Å²) < 4.78 is 0. The molecule has 5 nitrogen and oxygen atoms in total. The number of halogens is 1. The number of carbonyl (C=O) groups excluding carboxylic acids is 1. The summed E-state index contributed by atoms with van der Waals surface area (Å²) in [5.41, 5.74) is 0.167. The van der Waals surface area contributed by atoms with Gasteiger partial charge in [0, 0.05) is 24.7 Å². The molecule has 0 bridgehead atoms. The van der Waals surface area contributed by atoms with Crippen LogP contribution in [0.25, 0.3) is 0 Å². The fourth-order valence-corrected chi connectivity index (χ4v) is 2.50. The van der Waals surface area contributed by atoms with Crippen molar-refractivity contribution in [1.82, 2.24) is 4.90 Å². The molecule has 0 saturated heterocycles. The van der Waals surface area contributed by atoms with E-state index in [0.29, 0.717) is 5.56 Å². The lowest BCUT2D eigenvalue weighted by atomic mass is 10.1. The number of amides is 1. The van der Waals surface area contributed by atoms with Crippen LogP contribution < -0.4 is 0 Å². The van der Waals surface area contributed by atoms with Gasteiger partial charge < -0.3 is 4.90 Å². The molecule has 0 N–H and O–H groups in total. The van der Waals surface area contributed by atoms with Crippen LogP contribution in [-0.2, 0) is 0 Å². The van der Waals surface area contributed by atoms with Gasteiger partial charge in [-0.2, -0.15) is 11.8 Å². The van der Waals surface area contributed by atoms with Gasteiger partial charge in [-0.15, -0.1) is 0 Å². The van der Waals surface area contributed by atoms with Crippen LogP contribution in [0.3, 0.4) is 0 Å². The van der Waals surface area contributed by atoms with Crippen LogP contribution in [0, 0.1) is 10.1 Å². The molecule has 1 amide bonds. The highest BCUT2D eigenvalue weighted by molar-refractivity contribution is 7.98. The van der Waals surface area contributed by atoms with Crippen LogP contribution in [-0.4, -0.2) is 40.8 Å². The largest absolute Gasteiger partial charge is 0.339 e. The number of nitro benzene ring substituents is 1. The summed E-state index contributed by atoms with van der Waals surface area (Å²) in [7, 11) is 1.72. The normalized spacial score (nSPS) is 12.0. The molecule has 20 heavy (non-hydrogen) atoms. The molecular weight excluding hydrogens is 300 g/mol. The maximum absolute atomic E-state index is 12.3. The van der Waals surface area contributed by atoms with Crippen molar-refractivity contribution in [3.05, 3.63) is 38.9 Å². The molecule has 0 saturated carbocycles. The van der Waals surface area contributed by atoms with E-state index in [4.69, 9.17) is 11.6 Å². The molecule has 0 aromatic heterocycles. The average Bonchev–Trinajstić information content (AvgIpc) is 2.42. The fraction of sp³-hybridized carbons (Fsp3) is 0.462. The number of hydrogen-bond acceptors (Lipinski definition) is 4. The van der Waals surface area contributed by atoms with Crippen LogP contribution in [0.2, 0.25) is 5.02 Å². The molecule has 0 radical (unpaired) electrons. The van der Waals surface area contributed by atoms with E-state index in [1.165, 1.54) is 18.2 Å². The van der Waals surface area contributed by atoms with Gasteiger partial charge in [0.1, 0.15) is 5.02 Å². The van der Waals surface area contributed by atoms with Crippen molar-refractivity contribution < 1.29 is 9.72 Å². The number of hydrogen-bond donors (Lipinski definition) is 0. The van der Waals surface area contributed by atoms with E-state index in [0.717, 1.165) is 12.2 Å². The van der Waals surface area contributed by atoms with Crippen molar-refractivity contribution in [3.8, 4) is 0 Å². The number of carbonyl (C=O) groups is 1. The standard InChI is InChI=1S/C13H17ClN2O3S/c1-9(6-7-20-3)15(2)13(17)10-4-5-12(16(18)19)11(14)8-10/h4-5,8-9H,6-7H2,1-3H3. The Morgan fingerprint density at radius 2 is 2.20 bits per heavy atom. The zero-order chi connectivity index (χ0) is 15.3. The lowest BCUT2D eigenvalue weighted by Crippen LogP contribution is -2.35. The minimum absolute atomic E-state index is 0.0222. The van der Waals surface area contributed by atoms with E-state index in [1.54, 1.807) is 23.7 Å². The van der Waals surface area contributed by atoms with E-state index in [9.17, 15) is 14.9 Å². The maximum atomic E-state index is 12.3. The van der Waals surface area contributed by atoms with E-state index >= 15 is 0 Å². The van der Waals surface area contributed by atoms with Crippen LogP contribution >= 0.6 is 23.4 Å². The minimum Gasteiger partial charge on any atom is -0.339 e. The molecular formula is C13H17ClN2O3S. The first kappa shape index (κ1) is 16.8. The van der Waals surface area contributed by atoms with Crippen LogP contribution in [0.1, 0.15) is 23.7 Å². The highest BCUT2D eigenvalue weighted by atomic mass is 35.5. The Bertz CT molecular complexity index is 510. The molecule has 1 aromatic rings. The summed E-state index contributed by atoms with van der Waals surface area (Å²) in [5, 5.41) is 10.7. The molecule has 110 valence electrons. The quantitative estimate of drug-likeness (QED) is 0.595. The summed E-state index contributed by atoms with van der Waals surface area (Å²) in [4.78, 5) is 24.0. The Morgan fingerprint density at radius 3 is 2.70 bits per heavy atom. The number of nitrogens with zero attached hydrogens (tertiary/aromatic N) is 2. The molecule has 0 aliphatic heterocycles. The number of thioether (sulfide) groups is 1. The summed E-state index contributed by atoms with van der Waals surface area (Å²) in [6.07, 6.45) is 2.91. The maximum Gasteiger partial charge on any atom is 0.287 e. The number of benzene rings is 1. The molecule has 1 unspecified atom stereocenters. The van der Waals surface area contributed by atoms with Crippen LogP contribution in [0.5, 0.6) is 0 Å². The Morgan fingerprint density at radius 1 is 1.55 bits per heavy atom. The summed E-state index contributed by atoms with van der Waals surface area (Å²) in [5.74, 6) is 0.787. The summed E-state index contributed by atoms with van der Waals surface area (Å²) in [6, 6.07) is 4.14. The Hall–Kier alpha value is -1.27.